The van der Waals surface area contributed by atoms with E-state index in [-0.39, 0.29) is 11.8 Å². The molecule has 5 heteroatoms. The summed E-state index contributed by atoms with van der Waals surface area (Å²) in [6.45, 7) is 9.65. The van der Waals surface area contributed by atoms with E-state index in [1.54, 1.807) is 0 Å². The summed E-state index contributed by atoms with van der Waals surface area (Å²) in [6, 6.07) is 0. The fraction of sp³-hybridized carbons (Fsp3) is 0.895. The van der Waals surface area contributed by atoms with Crippen LogP contribution in [0.3, 0.4) is 0 Å². The summed E-state index contributed by atoms with van der Waals surface area (Å²) in [6.07, 6.45) is 5.56. The molecule has 0 N–H and O–H groups in total. The van der Waals surface area contributed by atoms with Crippen LogP contribution in [0.25, 0.3) is 0 Å². The monoisotopic (exact) mass is 337 g/mol. The molecular formula is C19H35N3O2. The molecule has 24 heavy (non-hydrogen) atoms. The third-order valence-corrected chi connectivity index (χ3v) is 5.54. The first kappa shape index (κ1) is 19.2. The normalized spacial score (nSPS) is 25.5. The number of hydrogen-bond donors (Lipinski definition) is 0. The van der Waals surface area contributed by atoms with Crippen LogP contribution in [0, 0.1) is 11.8 Å². The van der Waals surface area contributed by atoms with Crippen LogP contribution in [-0.4, -0.2) is 72.8 Å². The Morgan fingerprint density at radius 3 is 1.88 bits per heavy atom. The summed E-state index contributed by atoms with van der Waals surface area (Å²) in [5.41, 5.74) is 0. The second kappa shape index (κ2) is 9.40. The Morgan fingerprint density at radius 1 is 0.875 bits per heavy atom. The molecule has 1 saturated carbocycles. The predicted molar refractivity (Wildman–Crippen MR) is 96.7 cm³/mol. The number of piperazine rings is 1. The summed E-state index contributed by atoms with van der Waals surface area (Å²) >= 11 is 0. The third-order valence-electron chi connectivity index (χ3n) is 5.54. The average Bonchev–Trinajstić information content (AvgIpc) is 2.61. The van der Waals surface area contributed by atoms with Gasteiger partial charge >= 0.3 is 0 Å². The van der Waals surface area contributed by atoms with Gasteiger partial charge in [-0.3, -0.25) is 9.59 Å². The lowest BCUT2D eigenvalue weighted by atomic mass is 9.80. The van der Waals surface area contributed by atoms with E-state index in [4.69, 9.17) is 0 Å². The van der Waals surface area contributed by atoms with Gasteiger partial charge in [0.25, 0.3) is 0 Å². The van der Waals surface area contributed by atoms with Crippen LogP contribution in [0.1, 0.15) is 52.4 Å². The van der Waals surface area contributed by atoms with E-state index in [0.29, 0.717) is 11.8 Å². The molecule has 1 aliphatic heterocycles. The zero-order valence-electron chi connectivity index (χ0n) is 15.8. The van der Waals surface area contributed by atoms with Crippen molar-refractivity contribution in [3.05, 3.63) is 0 Å². The number of hydrogen-bond acceptors (Lipinski definition) is 3. The quantitative estimate of drug-likeness (QED) is 0.746. The first-order chi connectivity index (χ1) is 11.6. The molecule has 2 aliphatic rings. The van der Waals surface area contributed by atoms with Crippen molar-refractivity contribution >= 4 is 11.8 Å². The van der Waals surface area contributed by atoms with E-state index in [1.807, 2.05) is 9.80 Å². The van der Waals surface area contributed by atoms with Crippen molar-refractivity contribution in [1.29, 1.82) is 0 Å². The first-order valence-electron chi connectivity index (χ1n) is 9.82. The van der Waals surface area contributed by atoms with Crippen molar-refractivity contribution in [2.24, 2.45) is 11.8 Å². The summed E-state index contributed by atoms with van der Waals surface area (Å²) in [4.78, 5) is 31.7. The van der Waals surface area contributed by atoms with E-state index in [1.165, 1.54) is 0 Å². The van der Waals surface area contributed by atoms with E-state index < -0.39 is 0 Å². The molecule has 0 radical (unpaired) electrons. The second-order valence-corrected chi connectivity index (χ2v) is 7.50. The van der Waals surface area contributed by atoms with Crippen LogP contribution in [0.15, 0.2) is 0 Å². The van der Waals surface area contributed by atoms with Crippen molar-refractivity contribution in [1.82, 2.24) is 14.7 Å². The molecule has 0 unspecified atom stereocenters. The Balaban J connectivity index is 1.81. The van der Waals surface area contributed by atoms with E-state index in [9.17, 15) is 9.59 Å². The van der Waals surface area contributed by atoms with Crippen LogP contribution in [0.5, 0.6) is 0 Å². The summed E-state index contributed by atoms with van der Waals surface area (Å²) < 4.78 is 0. The van der Waals surface area contributed by atoms with E-state index in [2.05, 4.69) is 25.8 Å². The number of carbonyl (C=O) groups excluding carboxylic acids is 2. The van der Waals surface area contributed by atoms with Crippen molar-refractivity contribution in [3.63, 3.8) is 0 Å². The van der Waals surface area contributed by atoms with Gasteiger partial charge in [-0.1, -0.05) is 13.8 Å². The maximum atomic E-state index is 12.7. The van der Waals surface area contributed by atoms with E-state index in [0.717, 1.165) is 77.8 Å². The van der Waals surface area contributed by atoms with E-state index >= 15 is 0 Å². The van der Waals surface area contributed by atoms with Gasteiger partial charge in [0.05, 0.1) is 0 Å². The van der Waals surface area contributed by atoms with Gasteiger partial charge in [-0.05, 0) is 45.6 Å². The Hall–Kier alpha value is -1.10. The van der Waals surface area contributed by atoms with Gasteiger partial charge < -0.3 is 14.7 Å². The highest BCUT2D eigenvalue weighted by Gasteiger charge is 2.34. The fourth-order valence-corrected chi connectivity index (χ4v) is 4.00. The van der Waals surface area contributed by atoms with Gasteiger partial charge in [-0.25, -0.2) is 0 Å². The zero-order valence-corrected chi connectivity index (χ0v) is 15.8. The number of likely N-dealkylation sites (N-methyl/N-ethyl adjacent to an activating group) is 1. The molecule has 0 aromatic heterocycles. The van der Waals surface area contributed by atoms with Crippen LogP contribution in [0.2, 0.25) is 0 Å². The van der Waals surface area contributed by atoms with Gasteiger partial charge in [-0.15, -0.1) is 0 Å². The number of nitrogens with zero attached hydrogens (tertiary/aromatic N) is 3. The number of rotatable bonds is 6. The smallest absolute Gasteiger partial charge is 0.225 e. The molecule has 0 aromatic rings. The van der Waals surface area contributed by atoms with Crippen LogP contribution in [0.4, 0.5) is 0 Å². The maximum Gasteiger partial charge on any atom is 0.225 e. The largest absolute Gasteiger partial charge is 0.342 e. The maximum absolute atomic E-state index is 12.7. The van der Waals surface area contributed by atoms with Gasteiger partial charge in [-0.2, -0.15) is 0 Å². The molecule has 2 amide bonds. The van der Waals surface area contributed by atoms with Gasteiger partial charge in [0.15, 0.2) is 0 Å². The average molecular weight is 338 g/mol. The molecule has 138 valence electrons. The van der Waals surface area contributed by atoms with Gasteiger partial charge in [0, 0.05) is 51.1 Å². The summed E-state index contributed by atoms with van der Waals surface area (Å²) in [7, 11) is 2.11. The zero-order chi connectivity index (χ0) is 17.5. The fourth-order valence-electron chi connectivity index (χ4n) is 4.00. The van der Waals surface area contributed by atoms with Crippen molar-refractivity contribution in [2.45, 2.75) is 52.4 Å². The molecule has 1 heterocycles. The molecule has 0 bridgehead atoms. The predicted octanol–water partition coefficient (Wildman–Crippen LogP) is 2.22. The van der Waals surface area contributed by atoms with Crippen molar-refractivity contribution in [3.8, 4) is 0 Å². The van der Waals surface area contributed by atoms with Crippen LogP contribution < -0.4 is 0 Å². The number of carbonyl (C=O) groups is 2. The standard InChI is InChI=1S/C19H35N3O2/c1-4-10-21(11-5-2)18(23)16-6-8-17(9-7-16)19(24)22-14-12-20(3)13-15-22/h16-17H,4-15H2,1-3H3. The lowest BCUT2D eigenvalue weighted by Crippen LogP contribution is -2.49. The Bertz CT molecular complexity index is 405. The lowest BCUT2D eigenvalue weighted by molar-refractivity contribution is -0.142. The molecular weight excluding hydrogens is 302 g/mol. The van der Waals surface area contributed by atoms with Crippen molar-refractivity contribution in [2.75, 3.05) is 46.3 Å². The Morgan fingerprint density at radius 2 is 1.38 bits per heavy atom. The molecule has 0 aromatic carbocycles. The molecule has 2 fully saturated rings. The SMILES string of the molecule is CCCN(CCC)C(=O)C1CCC(C(=O)N2CCN(C)CC2)CC1. The molecule has 1 saturated heterocycles. The molecule has 0 atom stereocenters. The summed E-state index contributed by atoms with van der Waals surface area (Å²) in [5.74, 6) is 0.931. The minimum absolute atomic E-state index is 0.139. The van der Waals surface area contributed by atoms with Gasteiger partial charge in [0.1, 0.15) is 0 Å². The lowest BCUT2D eigenvalue weighted by Gasteiger charge is -2.37. The van der Waals surface area contributed by atoms with Crippen molar-refractivity contribution < 1.29 is 9.59 Å². The second-order valence-electron chi connectivity index (χ2n) is 7.50. The molecule has 0 spiro atoms. The van der Waals surface area contributed by atoms with Gasteiger partial charge in [0.2, 0.25) is 11.8 Å². The third kappa shape index (κ3) is 4.95. The minimum Gasteiger partial charge on any atom is -0.342 e. The molecule has 1 aliphatic carbocycles. The van der Waals surface area contributed by atoms with Crippen LogP contribution in [-0.2, 0) is 9.59 Å². The highest BCUT2D eigenvalue weighted by Crippen LogP contribution is 2.31. The highest BCUT2D eigenvalue weighted by molar-refractivity contribution is 5.81. The highest BCUT2D eigenvalue weighted by atomic mass is 16.2. The minimum atomic E-state index is 0.139. The number of amides is 2. The molecule has 2 rings (SSSR count). The Labute approximate surface area is 147 Å². The first-order valence-corrected chi connectivity index (χ1v) is 9.82. The topological polar surface area (TPSA) is 43.9 Å². The Kier molecular flexibility index (Phi) is 7.53. The summed E-state index contributed by atoms with van der Waals surface area (Å²) in [5, 5.41) is 0. The van der Waals surface area contributed by atoms with Crippen LogP contribution >= 0.6 is 0 Å². The molecule has 5 nitrogen and oxygen atoms in total.